The third-order valence-electron chi connectivity index (χ3n) is 4.94. The Hall–Kier alpha value is -2.77. The van der Waals surface area contributed by atoms with E-state index >= 15 is 0 Å². The van der Waals surface area contributed by atoms with Gasteiger partial charge in [0.25, 0.3) is 0 Å². The number of quaternary nitrogens is 1. The van der Waals surface area contributed by atoms with Gasteiger partial charge in [0.1, 0.15) is 6.54 Å². The molecular formula is C22H27ClN3O4+. The van der Waals surface area contributed by atoms with E-state index in [1.54, 1.807) is 18.3 Å². The second kappa shape index (κ2) is 10.3. The molecule has 1 aliphatic heterocycles. The molecule has 0 spiro atoms. The Labute approximate surface area is 181 Å². The molecule has 2 aromatic rings. The Morgan fingerprint density at radius 3 is 2.37 bits per heavy atom. The highest BCUT2D eigenvalue weighted by Crippen LogP contribution is 2.38. The van der Waals surface area contributed by atoms with E-state index in [9.17, 15) is 4.79 Å². The number of nitrogens with one attached hydrogen (secondary N) is 1. The predicted molar refractivity (Wildman–Crippen MR) is 116 cm³/mol. The van der Waals surface area contributed by atoms with Gasteiger partial charge in [-0.15, -0.1) is 0 Å². The maximum Gasteiger partial charge on any atom is 0.308 e. The molecule has 1 saturated heterocycles. The summed E-state index contributed by atoms with van der Waals surface area (Å²) in [6.45, 7) is 5.94. The predicted octanol–water partition coefficient (Wildman–Crippen LogP) is 2.02. The Balaban J connectivity index is 1.62. The number of carbonyl (C=O) groups excluding carboxylic acids is 1. The largest absolute Gasteiger partial charge is 0.493 e. The first-order valence-corrected chi connectivity index (χ1v) is 10.2. The first kappa shape index (κ1) is 21.9. The third kappa shape index (κ3) is 5.64. The molecule has 0 atom stereocenters. The topological polar surface area (TPSA) is 64.8 Å². The van der Waals surface area contributed by atoms with Gasteiger partial charge in [0.15, 0.2) is 11.5 Å². The number of methoxy groups -OCH3 is 2. The molecule has 160 valence electrons. The van der Waals surface area contributed by atoms with Crippen molar-refractivity contribution >= 4 is 23.8 Å². The van der Waals surface area contributed by atoms with Crippen LogP contribution in [0.1, 0.15) is 18.1 Å². The van der Waals surface area contributed by atoms with Gasteiger partial charge in [-0.05, 0) is 18.2 Å². The fraction of sp³-hybridized carbons (Fsp3) is 0.364. The molecule has 7 nitrogen and oxygen atoms in total. The van der Waals surface area contributed by atoms with E-state index < -0.39 is 5.97 Å². The van der Waals surface area contributed by atoms with E-state index in [0.29, 0.717) is 11.5 Å². The van der Waals surface area contributed by atoms with Crippen LogP contribution < -0.4 is 19.1 Å². The molecule has 1 heterocycles. The van der Waals surface area contributed by atoms with Gasteiger partial charge < -0.3 is 19.1 Å². The molecule has 0 saturated carbocycles. The number of hydrogen-bond donors (Lipinski definition) is 1. The fourth-order valence-corrected chi connectivity index (χ4v) is 3.58. The summed E-state index contributed by atoms with van der Waals surface area (Å²) in [6, 6.07) is 11.5. The fourth-order valence-electron chi connectivity index (χ4n) is 3.38. The van der Waals surface area contributed by atoms with E-state index in [-0.39, 0.29) is 5.75 Å². The van der Waals surface area contributed by atoms with Gasteiger partial charge in [0.2, 0.25) is 5.75 Å². The van der Waals surface area contributed by atoms with Crippen molar-refractivity contribution < 1.29 is 23.9 Å². The summed E-state index contributed by atoms with van der Waals surface area (Å²) in [7, 11) is 3.04. The number of esters is 1. The van der Waals surface area contributed by atoms with Crippen LogP contribution in [-0.2, 0) is 11.3 Å². The standard InChI is InChI=1S/C22H26ClN3O4/c1-16(27)30-22-20(28-2)12-17(13-21(22)29-3)14-24-26-10-8-25(9-11-26)15-18-6-4-5-7-19(18)23/h4-7,12-14H,8-11,15H2,1-3H3/p+1/b24-14-. The highest BCUT2D eigenvalue weighted by molar-refractivity contribution is 6.31. The smallest absolute Gasteiger partial charge is 0.308 e. The molecule has 3 rings (SSSR count). The number of ether oxygens (including phenoxy) is 3. The van der Waals surface area contributed by atoms with Gasteiger partial charge in [-0.25, -0.2) is 0 Å². The molecule has 2 aromatic carbocycles. The number of rotatable bonds is 7. The summed E-state index contributed by atoms with van der Waals surface area (Å²) < 4.78 is 15.9. The number of hydrazone groups is 1. The van der Waals surface area contributed by atoms with Gasteiger partial charge >= 0.3 is 5.97 Å². The number of carbonyl (C=O) groups is 1. The number of hydrogen-bond acceptors (Lipinski definition) is 6. The summed E-state index contributed by atoms with van der Waals surface area (Å²) in [5, 5.41) is 7.48. The molecule has 30 heavy (non-hydrogen) atoms. The number of benzene rings is 2. The number of halogens is 1. The molecule has 1 N–H and O–H groups in total. The summed E-state index contributed by atoms with van der Waals surface area (Å²) in [5.41, 5.74) is 1.98. The van der Waals surface area contributed by atoms with Crippen LogP contribution in [0.5, 0.6) is 17.2 Å². The zero-order valence-corrected chi connectivity index (χ0v) is 18.2. The minimum atomic E-state index is -0.440. The maximum absolute atomic E-state index is 11.4. The Bertz CT molecular complexity index is 886. The van der Waals surface area contributed by atoms with E-state index in [1.165, 1.54) is 31.6 Å². The summed E-state index contributed by atoms with van der Waals surface area (Å²) >= 11 is 6.28. The van der Waals surface area contributed by atoms with E-state index in [2.05, 4.69) is 16.2 Å². The van der Waals surface area contributed by atoms with Crippen LogP contribution in [0, 0.1) is 0 Å². The van der Waals surface area contributed by atoms with Crippen LogP contribution in [0.4, 0.5) is 0 Å². The highest BCUT2D eigenvalue weighted by atomic mass is 35.5. The van der Waals surface area contributed by atoms with Gasteiger partial charge in [-0.1, -0.05) is 29.8 Å². The Morgan fingerprint density at radius 1 is 1.17 bits per heavy atom. The molecule has 1 fully saturated rings. The minimum Gasteiger partial charge on any atom is -0.493 e. The van der Waals surface area contributed by atoms with E-state index in [1.807, 2.05) is 18.2 Å². The second-order valence-corrected chi connectivity index (χ2v) is 7.47. The van der Waals surface area contributed by atoms with E-state index in [0.717, 1.165) is 43.3 Å². The third-order valence-corrected chi connectivity index (χ3v) is 5.31. The molecule has 8 heteroatoms. The first-order chi connectivity index (χ1) is 14.5. The van der Waals surface area contributed by atoms with E-state index in [4.69, 9.17) is 25.8 Å². The van der Waals surface area contributed by atoms with Crippen molar-refractivity contribution in [1.82, 2.24) is 5.01 Å². The zero-order chi connectivity index (χ0) is 21.5. The van der Waals surface area contributed by atoms with Crippen LogP contribution in [0.2, 0.25) is 5.02 Å². The molecule has 0 aromatic heterocycles. The molecule has 0 aliphatic carbocycles. The van der Waals surface area contributed by atoms with Gasteiger partial charge in [-0.2, -0.15) is 5.10 Å². The lowest BCUT2D eigenvalue weighted by Crippen LogP contribution is -3.13. The van der Waals surface area contributed by atoms with Crippen molar-refractivity contribution in [3.8, 4) is 17.2 Å². The normalized spacial score (nSPS) is 14.7. The molecule has 0 unspecified atom stereocenters. The van der Waals surface area contributed by atoms with Crippen LogP contribution >= 0.6 is 11.6 Å². The van der Waals surface area contributed by atoms with Crippen molar-refractivity contribution in [2.45, 2.75) is 13.5 Å². The van der Waals surface area contributed by atoms with Crippen LogP contribution in [-0.4, -0.2) is 57.6 Å². The molecular weight excluding hydrogens is 406 g/mol. The summed E-state index contributed by atoms with van der Waals surface area (Å²) in [6.07, 6.45) is 1.77. The molecule has 0 bridgehead atoms. The first-order valence-electron chi connectivity index (χ1n) is 9.80. The molecule has 1 aliphatic rings. The lowest BCUT2D eigenvalue weighted by Gasteiger charge is -2.30. The Morgan fingerprint density at radius 2 is 1.80 bits per heavy atom. The summed E-state index contributed by atoms with van der Waals surface area (Å²) in [5.74, 6) is 0.659. The van der Waals surface area contributed by atoms with Gasteiger partial charge in [-0.3, -0.25) is 9.80 Å². The van der Waals surface area contributed by atoms with Crippen molar-refractivity contribution in [1.29, 1.82) is 0 Å². The van der Waals surface area contributed by atoms with Gasteiger partial charge in [0.05, 0.1) is 46.6 Å². The van der Waals surface area contributed by atoms with Crippen LogP contribution in [0.3, 0.4) is 0 Å². The number of piperazine rings is 1. The van der Waals surface area contributed by atoms with Crippen molar-refractivity contribution in [3.63, 3.8) is 0 Å². The summed E-state index contributed by atoms with van der Waals surface area (Å²) in [4.78, 5) is 12.8. The maximum atomic E-state index is 11.4. The van der Waals surface area contributed by atoms with Crippen molar-refractivity contribution in [3.05, 3.63) is 52.5 Å². The molecule has 0 radical (unpaired) electrons. The monoisotopic (exact) mass is 432 g/mol. The quantitative estimate of drug-likeness (QED) is 0.412. The van der Waals surface area contributed by atoms with Crippen molar-refractivity contribution in [2.24, 2.45) is 5.10 Å². The van der Waals surface area contributed by atoms with Crippen LogP contribution in [0.25, 0.3) is 0 Å². The SMILES string of the molecule is COc1cc(/C=N\N2CC[NH+](Cc3ccccc3Cl)CC2)cc(OC)c1OC(C)=O. The number of nitrogens with zero attached hydrogens (tertiary/aromatic N) is 2. The average Bonchev–Trinajstić information content (AvgIpc) is 2.75. The second-order valence-electron chi connectivity index (χ2n) is 7.06. The molecule has 0 amide bonds. The zero-order valence-electron chi connectivity index (χ0n) is 17.5. The Kier molecular flexibility index (Phi) is 7.54. The lowest BCUT2D eigenvalue weighted by molar-refractivity contribution is -0.918. The highest BCUT2D eigenvalue weighted by Gasteiger charge is 2.20. The van der Waals surface area contributed by atoms with Crippen LogP contribution in [0.15, 0.2) is 41.5 Å². The average molecular weight is 433 g/mol. The van der Waals surface area contributed by atoms with Crippen molar-refractivity contribution in [2.75, 3.05) is 40.4 Å². The lowest BCUT2D eigenvalue weighted by atomic mass is 10.2. The minimum absolute atomic E-state index is 0.265. The van der Waals surface area contributed by atoms with Gasteiger partial charge in [0, 0.05) is 23.1 Å².